The van der Waals surface area contributed by atoms with Crippen molar-refractivity contribution >= 4 is 22.9 Å². The lowest BCUT2D eigenvalue weighted by atomic mass is 10.0. The number of aromatic nitrogens is 2. The van der Waals surface area contributed by atoms with Gasteiger partial charge in [-0.25, -0.2) is 4.98 Å². The van der Waals surface area contributed by atoms with E-state index in [1.807, 2.05) is 0 Å². The highest BCUT2D eigenvalue weighted by Gasteiger charge is 2.32. The Kier molecular flexibility index (Phi) is 4.63. The second kappa shape index (κ2) is 7.40. The van der Waals surface area contributed by atoms with Gasteiger partial charge in [-0.3, -0.25) is 4.79 Å². The molecule has 5 rings (SSSR count). The van der Waals surface area contributed by atoms with E-state index in [1.165, 1.54) is 30.3 Å². The maximum Gasteiger partial charge on any atom is 0.573 e. The SMILES string of the molecule is Cn1cc(/C=C2\Oc3cccc(O)c3C2=O)c2c(-c3cccc(OC(F)(F)F)c3)ccnc21. The first-order valence-corrected chi connectivity index (χ1v) is 9.78. The van der Waals surface area contributed by atoms with Crippen LogP contribution < -0.4 is 9.47 Å². The van der Waals surface area contributed by atoms with Gasteiger partial charge in [0.05, 0.1) is 0 Å². The van der Waals surface area contributed by atoms with Crippen LogP contribution in [-0.2, 0) is 7.05 Å². The molecule has 2 aromatic carbocycles. The average molecular weight is 452 g/mol. The largest absolute Gasteiger partial charge is 0.573 e. The van der Waals surface area contributed by atoms with Gasteiger partial charge in [-0.1, -0.05) is 18.2 Å². The number of aromatic hydroxyl groups is 1. The summed E-state index contributed by atoms with van der Waals surface area (Å²) >= 11 is 0. The van der Waals surface area contributed by atoms with Crippen LogP contribution in [0.5, 0.6) is 17.2 Å². The smallest absolute Gasteiger partial charge is 0.507 e. The molecule has 0 radical (unpaired) electrons. The molecule has 4 aromatic rings. The highest BCUT2D eigenvalue weighted by molar-refractivity contribution is 6.17. The van der Waals surface area contributed by atoms with Gasteiger partial charge in [-0.2, -0.15) is 0 Å². The quantitative estimate of drug-likeness (QED) is 0.418. The summed E-state index contributed by atoms with van der Waals surface area (Å²) in [6.45, 7) is 0. The van der Waals surface area contributed by atoms with Gasteiger partial charge in [0.25, 0.3) is 0 Å². The fourth-order valence-corrected chi connectivity index (χ4v) is 3.90. The molecule has 6 nitrogen and oxygen atoms in total. The number of phenolic OH excluding ortho intramolecular Hbond substituents is 1. The van der Waals surface area contributed by atoms with E-state index in [2.05, 4.69) is 9.72 Å². The maximum atomic E-state index is 12.8. The number of phenols is 1. The molecule has 0 saturated carbocycles. The van der Waals surface area contributed by atoms with Gasteiger partial charge in [0.2, 0.25) is 5.78 Å². The van der Waals surface area contributed by atoms with Crippen molar-refractivity contribution < 1.29 is 32.5 Å². The first-order valence-electron chi connectivity index (χ1n) is 9.78. The van der Waals surface area contributed by atoms with Gasteiger partial charge in [0, 0.05) is 30.4 Å². The Morgan fingerprint density at radius 3 is 2.70 bits per heavy atom. The minimum Gasteiger partial charge on any atom is -0.507 e. The maximum absolute atomic E-state index is 12.8. The van der Waals surface area contributed by atoms with Crippen LogP contribution in [0.4, 0.5) is 13.2 Å². The molecule has 0 atom stereocenters. The predicted molar refractivity (Wildman–Crippen MR) is 114 cm³/mol. The van der Waals surface area contributed by atoms with Crippen LogP contribution in [0.15, 0.2) is 66.7 Å². The molecule has 2 aromatic heterocycles. The monoisotopic (exact) mass is 452 g/mol. The van der Waals surface area contributed by atoms with Crippen molar-refractivity contribution in [2.24, 2.45) is 7.05 Å². The van der Waals surface area contributed by atoms with E-state index in [-0.39, 0.29) is 28.6 Å². The minimum atomic E-state index is -4.81. The summed E-state index contributed by atoms with van der Waals surface area (Å²) in [7, 11) is 1.77. The number of halogens is 3. The van der Waals surface area contributed by atoms with Crippen LogP contribution in [0.1, 0.15) is 15.9 Å². The lowest BCUT2D eigenvalue weighted by Gasteiger charge is -2.11. The van der Waals surface area contributed by atoms with Crippen molar-refractivity contribution in [2.45, 2.75) is 6.36 Å². The molecule has 1 N–H and O–H groups in total. The highest BCUT2D eigenvalue weighted by Crippen LogP contribution is 2.39. The third kappa shape index (κ3) is 3.67. The number of Topliss-reactive ketones (excluding diaryl/α,β-unsaturated/α-hetero) is 1. The molecule has 0 aliphatic carbocycles. The summed E-state index contributed by atoms with van der Waals surface area (Å²) < 4.78 is 49.5. The number of aryl methyl sites for hydroxylation is 1. The minimum absolute atomic E-state index is 0.0166. The molecular weight excluding hydrogens is 437 g/mol. The van der Waals surface area contributed by atoms with Crippen LogP contribution in [0.3, 0.4) is 0 Å². The lowest BCUT2D eigenvalue weighted by molar-refractivity contribution is -0.274. The Balaban J connectivity index is 1.64. The average Bonchev–Trinajstić information content (AvgIpc) is 3.25. The molecule has 9 heteroatoms. The van der Waals surface area contributed by atoms with Crippen LogP contribution in [0, 0.1) is 0 Å². The number of ketones is 1. The zero-order chi connectivity index (χ0) is 23.3. The van der Waals surface area contributed by atoms with Crippen molar-refractivity contribution in [3.8, 4) is 28.4 Å². The van der Waals surface area contributed by atoms with E-state index in [1.54, 1.807) is 48.3 Å². The van der Waals surface area contributed by atoms with Crippen LogP contribution in [0.2, 0.25) is 0 Å². The first kappa shape index (κ1) is 20.6. The summed E-state index contributed by atoms with van der Waals surface area (Å²) in [5.74, 6) is -0.723. The van der Waals surface area contributed by atoms with Crippen molar-refractivity contribution in [3.63, 3.8) is 0 Å². The van der Waals surface area contributed by atoms with E-state index < -0.39 is 12.1 Å². The molecule has 1 aliphatic rings. The number of carbonyl (C=O) groups excluding carboxylic acids is 1. The van der Waals surface area contributed by atoms with E-state index in [0.717, 1.165) is 0 Å². The molecule has 0 amide bonds. The fraction of sp³-hybridized carbons (Fsp3) is 0.0833. The van der Waals surface area contributed by atoms with Gasteiger partial charge in [0.1, 0.15) is 28.5 Å². The van der Waals surface area contributed by atoms with Gasteiger partial charge in [-0.15, -0.1) is 13.2 Å². The topological polar surface area (TPSA) is 73.6 Å². The number of hydrogen-bond donors (Lipinski definition) is 1. The van der Waals surface area contributed by atoms with E-state index >= 15 is 0 Å². The normalized spacial score (nSPS) is 14.5. The molecule has 1 aliphatic heterocycles. The van der Waals surface area contributed by atoms with E-state index in [0.29, 0.717) is 27.7 Å². The highest BCUT2D eigenvalue weighted by atomic mass is 19.4. The number of carbonyl (C=O) groups is 1. The van der Waals surface area contributed by atoms with Crippen molar-refractivity contribution in [1.29, 1.82) is 0 Å². The first-order chi connectivity index (χ1) is 15.7. The van der Waals surface area contributed by atoms with Gasteiger partial charge < -0.3 is 19.1 Å². The number of hydrogen-bond acceptors (Lipinski definition) is 5. The number of alkyl halides is 3. The molecule has 33 heavy (non-hydrogen) atoms. The summed E-state index contributed by atoms with van der Waals surface area (Å²) in [6, 6.07) is 11.9. The standard InChI is InChI=1S/C24H15F3N2O4/c1-29-12-14(11-19-22(31)21-17(30)6-3-7-18(21)32-19)20-16(8-9-28-23(20)29)13-4-2-5-15(10-13)33-24(25,26)27/h2-12,30H,1H3/b19-11-. The number of pyridine rings is 1. The fourth-order valence-electron chi connectivity index (χ4n) is 3.90. The summed E-state index contributed by atoms with van der Waals surface area (Å²) in [5.41, 5.74) is 2.31. The van der Waals surface area contributed by atoms with Gasteiger partial charge >= 0.3 is 6.36 Å². The summed E-state index contributed by atoms with van der Waals surface area (Å²) in [5, 5.41) is 10.6. The Morgan fingerprint density at radius 2 is 1.94 bits per heavy atom. The molecule has 0 unspecified atom stereocenters. The zero-order valence-corrected chi connectivity index (χ0v) is 17.1. The summed E-state index contributed by atoms with van der Waals surface area (Å²) in [4.78, 5) is 17.2. The van der Waals surface area contributed by atoms with Crippen LogP contribution >= 0.6 is 0 Å². The van der Waals surface area contributed by atoms with Crippen molar-refractivity contribution in [2.75, 3.05) is 0 Å². The zero-order valence-electron chi connectivity index (χ0n) is 17.1. The Morgan fingerprint density at radius 1 is 1.15 bits per heavy atom. The molecule has 166 valence electrons. The molecule has 0 bridgehead atoms. The third-order valence-electron chi connectivity index (χ3n) is 5.23. The van der Waals surface area contributed by atoms with Crippen LogP contribution in [0.25, 0.3) is 28.2 Å². The number of ether oxygens (including phenoxy) is 2. The predicted octanol–water partition coefficient (Wildman–Crippen LogP) is 5.46. The molecular formula is C24H15F3N2O4. The Bertz CT molecular complexity index is 1450. The van der Waals surface area contributed by atoms with Crippen molar-refractivity contribution in [1.82, 2.24) is 9.55 Å². The Labute approximate surface area is 185 Å². The van der Waals surface area contributed by atoms with Gasteiger partial charge in [-0.05, 0) is 47.5 Å². The molecule has 0 fully saturated rings. The number of allylic oxidation sites excluding steroid dienone is 1. The number of rotatable bonds is 3. The molecule has 3 heterocycles. The number of benzene rings is 2. The second-order valence-electron chi connectivity index (χ2n) is 7.42. The number of fused-ring (bicyclic) bond motifs is 2. The van der Waals surface area contributed by atoms with E-state index in [9.17, 15) is 23.1 Å². The number of nitrogens with zero attached hydrogens (tertiary/aromatic N) is 2. The lowest BCUT2D eigenvalue weighted by Crippen LogP contribution is -2.17. The third-order valence-corrected chi connectivity index (χ3v) is 5.23. The van der Waals surface area contributed by atoms with Crippen LogP contribution in [-0.4, -0.2) is 26.8 Å². The molecule has 0 spiro atoms. The molecule has 0 saturated heterocycles. The summed E-state index contributed by atoms with van der Waals surface area (Å²) in [6.07, 6.45) is 0.0152. The van der Waals surface area contributed by atoms with Gasteiger partial charge in [0.15, 0.2) is 5.76 Å². The Hall–Kier alpha value is -4.27. The van der Waals surface area contributed by atoms with E-state index in [4.69, 9.17) is 4.74 Å². The van der Waals surface area contributed by atoms with Crippen molar-refractivity contribution in [3.05, 3.63) is 77.8 Å². The second-order valence-corrected chi connectivity index (χ2v) is 7.42.